The van der Waals surface area contributed by atoms with Crippen molar-refractivity contribution >= 4 is 175 Å². The number of pyridine rings is 8. The molecule has 0 saturated heterocycles. The minimum atomic E-state index is -2.44. The van der Waals surface area contributed by atoms with Crippen molar-refractivity contribution in [2.24, 2.45) is 28.2 Å². The maximum atomic E-state index is 8.56. The van der Waals surface area contributed by atoms with E-state index >= 15 is 0 Å². The molecule has 0 N–H and O–H groups in total. The second kappa shape index (κ2) is 31.4. The van der Waals surface area contributed by atoms with Gasteiger partial charge in [0.15, 0.2) is 47.1 Å². The van der Waals surface area contributed by atoms with E-state index in [2.05, 4.69) is 284 Å². The molecule has 0 amide bonds. The molecule has 0 saturated carbocycles. The summed E-state index contributed by atoms with van der Waals surface area (Å²) in [5.74, 6) is -1.86. The van der Waals surface area contributed by atoms with E-state index in [0.29, 0.717) is 34.3 Å². The van der Waals surface area contributed by atoms with Crippen LogP contribution in [0.4, 0.5) is 0 Å². The molecule has 1 unspecified atom stereocenters. The lowest BCUT2D eigenvalue weighted by molar-refractivity contribution is -0.659. The van der Waals surface area contributed by atoms with E-state index in [4.69, 9.17) is 44.5 Å². The zero-order chi connectivity index (χ0) is 92.4. The highest BCUT2D eigenvalue weighted by Crippen LogP contribution is 2.47. The Kier molecular flexibility index (Phi) is 18.3. The molecule has 0 bridgehead atoms. The zero-order valence-electron chi connectivity index (χ0n) is 79.8. The van der Waals surface area contributed by atoms with Crippen molar-refractivity contribution < 1.29 is 42.8 Å². The Labute approximate surface area is 749 Å². The van der Waals surface area contributed by atoms with Gasteiger partial charge in [-0.05, 0) is 234 Å². The number of para-hydroxylation sites is 4. The van der Waals surface area contributed by atoms with Crippen molar-refractivity contribution in [1.82, 2.24) is 19.9 Å². The molecule has 0 fully saturated rings. The fourth-order valence-corrected chi connectivity index (χ4v) is 19.1. The van der Waals surface area contributed by atoms with E-state index in [1.165, 1.54) is 67.5 Å². The van der Waals surface area contributed by atoms with Crippen LogP contribution in [0.2, 0.25) is 0 Å². The van der Waals surface area contributed by atoms with E-state index in [1.54, 1.807) is 6.07 Å². The summed E-state index contributed by atoms with van der Waals surface area (Å²) in [6.07, 6.45) is 8.41. The second-order valence-corrected chi connectivity index (χ2v) is 35.3. The Bertz CT molecular complexity index is 9040. The van der Waals surface area contributed by atoms with Crippen LogP contribution in [0, 0.1) is 48.5 Å². The van der Waals surface area contributed by atoms with Crippen LogP contribution in [0.3, 0.4) is 0 Å². The molecule has 0 radical (unpaired) electrons. The molecule has 0 spiro atoms. The first-order chi connectivity index (χ1) is 63.8. The maximum Gasteiger partial charge on any atom is 0.227 e. The Balaban J connectivity index is 0.000000107. The SMILES string of the molecule is Cc1cc2c(oc3nc4ccccc4cc32)c(-c2c3ccc(C(C)C)cc3cc[n+]2C)c1C.Cc1ccc2c(oc3nc4ccccc4cc32)c1-c1cc2ccccc2c[n+]1C.[2H]C(C)(C)c1ccc2c(-c3c(C)c(C)cc4c3oc3nc5ccccc5cc34)[n+](C)ccc2c1.[2H]C([2H])([2H])C([2H])(C)c1ccc2c(-c3c(C)c(C)cc4c3oc3nc5ccccc5cc34)[n+](C)ccc2c1. The number of furan rings is 4. The van der Waals surface area contributed by atoms with Gasteiger partial charge in [0.05, 0.1) is 60.5 Å². The summed E-state index contributed by atoms with van der Waals surface area (Å²) >= 11 is 0. The minimum absolute atomic E-state index is 0.463. The summed E-state index contributed by atoms with van der Waals surface area (Å²) in [7, 11) is 8.30. The molecule has 128 heavy (non-hydrogen) atoms. The average Bonchev–Trinajstić information content (AvgIpc) is 1.62. The summed E-state index contributed by atoms with van der Waals surface area (Å²) in [5.41, 5.74) is 29.8. The molecule has 12 aromatic carbocycles. The van der Waals surface area contributed by atoms with E-state index in [0.717, 1.165) is 187 Å². The quantitative estimate of drug-likeness (QED) is 0.145. The van der Waals surface area contributed by atoms with Crippen LogP contribution in [0.25, 0.3) is 220 Å². The van der Waals surface area contributed by atoms with E-state index < -0.39 is 18.6 Å². The van der Waals surface area contributed by atoms with E-state index in [-0.39, 0.29) is 0 Å². The zero-order valence-corrected chi connectivity index (χ0v) is 74.8. The van der Waals surface area contributed by atoms with Gasteiger partial charge < -0.3 is 17.7 Å². The highest BCUT2D eigenvalue weighted by molar-refractivity contribution is 6.18. The van der Waals surface area contributed by atoms with Crippen LogP contribution in [-0.2, 0) is 28.2 Å². The number of hydrogen-bond acceptors (Lipinski definition) is 8. The Hall–Kier alpha value is -14.9. The maximum absolute atomic E-state index is 8.56. The van der Waals surface area contributed by atoms with Crippen LogP contribution in [0.1, 0.15) is 122 Å². The lowest BCUT2D eigenvalue weighted by Crippen LogP contribution is -2.31. The van der Waals surface area contributed by atoms with Gasteiger partial charge in [-0.15, -0.1) is 0 Å². The van der Waals surface area contributed by atoms with Crippen LogP contribution in [-0.4, -0.2) is 19.9 Å². The number of fused-ring (bicyclic) bond motifs is 20. The largest absolute Gasteiger partial charge is 0.437 e. The highest BCUT2D eigenvalue weighted by Gasteiger charge is 2.31. The van der Waals surface area contributed by atoms with Gasteiger partial charge in [-0.2, -0.15) is 0 Å². The Morgan fingerprint density at radius 3 is 0.961 bits per heavy atom. The molecule has 12 heterocycles. The smallest absolute Gasteiger partial charge is 0.227 e. The number of hydrogen-bond donors (Lipinski definition) is 0. The highest BCUT2D eigenvalue weighted by atomic mass is 16.4. The summed E-state index contributed by atoms with van der Waals surface area (Å²) < 4.78 is 75.1. The third-order valence-electron chi connectivity index (χ3n) is 26.6. The third-order valence-corrected chi connectivity index (χ3v) is 26.6. The average molecular weight is 1680 g/mol. The molecule has 12 nitrogen and oxygen atoms in total. The monoisotopic (exact) mass is 1670 g/mol. The van der Waals surface area contributed by atoms with Crippen molar-refractivity contribution in [2.75, 3.05) is 0 Å². The summed E-state index contributed by atoms with van der Waals surface area (Å²) in [6.45, 7) is 22.4. The fourth-order valence-electron chi connectivity index (χ4n) is 19.1. The van der Waals surface area contributed by atoms with Crippen molar-refractivity contribution in [3.8, 4) is 45.0 Å². The van der Waals surface area contributed by atoms with Crippen LogP contribution >= 0.6 is 0 Å². The van der Waals surface area contributed by atoms with Crippen LogP contribution in [0.15, 0.2) is 297 Å². The molecule has 24 aromatic rings. The standard InChI is InChI=1S/3C30H27N2O.C26H19N2O/c3*1-17(2)20-10-11-23-21(15-20)12-13-32(5)28(23)27-19(4)18(3)14-24-25-16-22-8-6-7-9-26(22)31-30(25)33-29(24)27;1-16-11-12-20-21-13-18-8-5-6-10-22(18)27-26(21)29-25(20)24(16)23-14-17-7-3-4-9-19(17)15-28(23)2/h3*6-17H,1-5H3;3-15H,1-2H3/q4*+1/i1D3,17D;17D;;. The van der Waals surface area contributed by atoms with Gasteiger partial charge in [0, 0.05) is 101 Å². The first-order valence-electron chi connectivity index (χ1n) is 46.4. The van der Waals surface area contributed by atoms with E-state index in [1.807, 2.05) is 112 Å². The van der Waals surface area contributed by atoms with Gasteiger partial charge in [-0.3, -0.25) is 0 Å². The fraction of sp³-hybridized carbons (Fsp3) is 0.172. The molecule has 0 aliphatic carbocycles. The van der Waals surface area contributed by atoms with Gasteiger partial charge in [-0.1, -0.05) is 181 Å². The summed E-state index contributed by atoms with van der Waals surface area (Å²) in [6, 6.07) is 88.0. The molecule has 624 valence electrons. The van der Waals surface area contributed by atoms with Crippen molar-refractivity contribution in [3.05, 3.63) is 335 Å². The molecule has 24 rings (SSSR count). The number of aromatic nitrogens is 8. The molecule has 0 aliphatic heterocycles. The normalized spacial score (nSPS) is 13.2. The second-order valence-electron chi connectivity index (χ2n) is 35.3. The van der Waals surface area contributed by atoms with Gasteiger partial charge in [-0.25, -0.2) is 38.2 Å². The van der Waals surface area contributed by atoms with E-state index in [9.17, 15) is 0 Å². The van der Waals surface area contributed by atoms with Crippen molar-refractivity contribution in [1.29, 1.82) is 0 Å². The minimum Gasteiger partial charge on any atom is -0.437 e. The van der Waals surface area contributed by atoms with Crippen LogP contribution in [0.5, 0.6) is 0 Å². The van der Waals surface area contributed by atoms with Gasteiger partial charge in [0.25, 0.3) is 0 Å². The molecular weight excluding hydrogens is 1570 g/mol. The Morgan fingerprint density at radius 2 is 0.594 bits per heavy atom. The van der Waals surface area contributed by atoms with Crippen molar-refractivity contribution in [2.45, 2.75) is 108 Å². The predicted octanol–water partition coefficient (Wildman–Crippen LogP) is 28.6. The van der Waals surface area contributed by atoms with Gasteiger partial charge in [0.1, 0.15) is 28.2 Å². The first-order valence-corrected chi connectivity index (χ1v) is 43.9. The molecule has 0 aliphatic rings. The number of aryl methyl sites for hydroxylation is 8. The molecule has 12 aromatic heterocycles. The van der Waals surface area contributed by atoms with Gasteiger partial charge in [0.2, 0.25) is 45.6 Å². The van der Waals surface area contributed by atoms with Crippen molar-refractivity contribution in [3.63, 3.8) is 0 Å². The first kappa shape index (κ1) is 74.5. The molecule has 12 heteroatoms. The predicted molar refractivity (Wildman–Crippen MR) is 528 cm³/mol. The lowest BCUT2D eigenvalue weighted by Gasteiger charge is -2.12. The third kappa shape index (κ3) is 13.6. The van der Waals surface area contributed by atoms with Gasteiger partial charge >= 0.3 is 0 Å². The lowest BCUT2D eigenvalue weighted by atomic mass is 9.92. The number of rotatable bonds is 7. The summed E-state index contributed by atoms with van der Waals surface area (Å²) in [4.78, 5) is 19.3. The molecular formula is C116H100N8O4+4. The topological polar surface area (TPSA) is 120 Å². The summed E-state index contributed by atoms with van der Waals surface area (Å²) in [5, 5.41) is 21.9. The molecule has 1 atom stereocenters. The number of nitrogens with zero attached hydrogens (tertiary/aromatic N) is 8. The number of benzene rings is 12. The Morgan fingerprint density at radius 1 is 0.273 bits per heavy atom. The van der Waals surface area contributed by atoms with Crippen LogP contribution < -0.4 is 18.3 Å².